The number of halogens is 1. The van der Waals surface area contributed by atoms with Crippen LogP contribution in [0.3, 0.4) is 0 Å². The summed E-state index contributed by atoms with van der Waals surface area (Å²) in [5.74, 6) is 0.156. The molecule has 2 aliphatic rings. The first-order valence-corrected chi connectivity index (χ1v) is 7.24. The Labute approximate surface area is 123 Å². The lowest BCUT2D eigenvalue weighted by Gasteiger charge is -2.22. The summed E-state index contributed by atoms with van der Waals surface area (Å²) in [5, 5.41) is 3.30. The average molecular weight is 303 g/mol. The molecule has 0 aromatic carbocycles. The Hall–Kier alpha value is -0.620. The van der Waals surface area contributed by atoms with Crippen LogP contribution in [-0.4, -0.2) is 43.6 Å². The topological polar surface area (TPSA) is 41.6 Å². The molecule has 0 aliphatic carbocycles. The average Bonchev–Trinajstić information content (AvgIpc) is 3.05. The van der Waals surface area contributed by atoms with Gasteiger partial charge in [0.25, 0.3) is 5.91 Å². The minimum absolute atomic E-state index is 0. The van der Waals surface area contributed by atoms with E-state index in [0.717, 1.165) is 37.4 Å². The van der Waals surface area contributed by atoms with E-state index in [4.69, 9.17) is 4.74 Å². The van der Waals surface area contributed by atoms with Crippen molar-refractivity contribution in [2.45, 2.75) is 25.5 Å². The number of carbonyl (C=O) groups excluding carboxylic acids is 1. The van der Waals surface area contributed by atoms with E-state index in [9.17, 15) is 4.79 Å². The Kier molecular flexibility index (Phi) is 4.84. The lowest BCUT2D eigenvalue weighted by molar-refractivity contribution is 0.0748. The van der Waals surface area contributed by atoms with Crippen molar-refractivity contribution in [3.05, 3.63) is 21.4 Å². The van der Waals surface area contributed by atoms with Crippen LogP contribution in [0.5, 0.6) is 0 Å². The largest absolute Gasteiger partial charge is 0.376 e. The fourth-order valence-corrected chi connectivity index (χ4v) is 3.69. The van der Waals surface area contributed by atoms with Crippen LogP contribution < -0.4 is 5.32 Å². The summed E-state index contributed by atoms with van der Waals surface area (Å²) in [5.41, 5.74) is 1.20. The molecule has 1 fully saturated rings. The molecule has 0 bridgehead atoms. The van der Waals surface area contributed by atoms with Gasteiger partial charge in [-0.15, -0.1) is 23.7 Å². The van der Waals surface area contributed by atoms with E-state index in [1.807, 2.05) is 18.0 Å². The molecule has 1 aromatic rings. The van der Waals surface area contributed by atoms with Crippen LogP contribution in [0.25, 0.3) is 0 Å². The van der Waals surface area contributed by atoms with E-state index in [1.54, 1.807) is 11.3 Å². The van der Waals surface area contributed by atoms with Gasteiger partial charge in [-0.1, -0.05) is 0 Å². The van der Waals surface area contributed by atoms with Gasteiger partial charge in [-0.05, 0) is 24.6 Å². The molecule has 3 heterocycles. The number of nitrogens with one attached hydrogen (secondary N) is 1. The molecule has 19 heavy (non-hydrogen) atoms. The lowest BCUT2D eigenvalue weighted by atomic mass is 10.1. The molecule has 4 nitrogen and oxygen atoms in total. The second kappa shape index (κ2) is 6.22. The van der Waals surface area contributed by atoms with Crippen LogP contribution >= 0.6 is 23.7 Å². The number of hydrogen-bond acceptors (Lipinski definition) is 4. The Balaban J connectivity index is 0.00000133. The molecule has 3 rings (SSSR count). The van der Waals surface area contributed by atoms with Crippen molar-refractivity contribution < 1.29 is 9.53 Å². The van der Waals surface area contributed by atoms with Gasteiger partial charge < -0.3 is 15.0 Å². The molecular weight excluding hydrogens is 284 g/mol. The van der Waals surface area contributed by atoms with Crippen LogP contribution in [0.1, 0.15) is 26.5 Å². The van der Waals surface area contributed by atoms with Gasteiger partial charge in [0.2, 0.25) is 0 Å². The molecule has 1 N–H and O–H groups in total. The van der Waals surface area contributed by atoms with E-state index in [1.165, 1.54) is 10.4 Å². The van der Waals surface area contributed by atoms with E-state index in [2.05, 4.69) is 5.32 Å². The van der Waals surface area contributed by atoms with Gasteiger partial charge in [0.15, 0.2) is 0 Å². The fourth-order valence-electron chi connectivity index (χ4n) is 2.56. The zero-order chi connectivity index (χ0) is 12.5. The molecule has 6 heteroatoms. The minimum atomic E-state index is 0. The Morgan fingerprint density at radius 3 is 3.11 bits per heavy atom. The summed E-state index contributed by atoms with van der Waals surface area (Å²) in [6.07, 6.45) is 2.00. The first-order valence-electron chi connectivity index (χ1n) is 6.43. The third-order valence-corrected chi connectivity index (χ3v) is 4.97. The third-order valence-electron chi connectivity index (χ3n) is 3.74. The Bertz CT molecular complexity index is 434. The molecule has 0 saturated carbocycles. The summed E-state index contributed by atoms with van der Waals surface area (Å²) in [6.45, 7) is 3.37. The van der Waals surface area contributed by atoms with Crippen molar-refractivity contribution in [3.63, 3.8) is 0 Å². The SMILES string of the molecule is CN(C(=O)c1cc2c(s1)CCOC2)C1CCNC1.Cl. The maximum Gasteiger partial charge on any atom is 0.263 e. The normalized spacial score (nSPS) is 21.6. The Morgan fingerprint density at radius 2 is 2.42 bits per heavy atom. The molecule has 0 radical (unpaired) electrons. The number of carbonyl (C=O) groups is 1. The minimum Gasteiger partial charge on any atom is -0.376 e. The van der Waals surface area contributed by atoms with Gasteiger partial charge in [0.05, 0.1) is 18.1 Å². The zero-order valence-corrected chi connectivity index (χ0v) is 12.6. The highest BCUT2D eigenvalue weighted by molar-refractivity contribution is 7.14. The second-order valence-corrected chi connectivity index (χ2v) is 6.06. The number of nitrogens with zero attached hydrogens (tertiary/aromatic N) is 1. The highest BCUT2D eigenvalue weighted by Gasteiger charge is 2.26. The standard InChI is InChI=1S/C13H18N2O2S.ClH/c1-15(10-2-4-14-7-10)13(16)12-6-9-8-17-5-3-11(9)18-12;/h6,10,14H,2-5,7-8H2,1H3;1H. The van der Waals surface area contributed by atoms with Crippen LogP contribution in [0.2, 0.25) is 0 Å². The van der Waals surface area contributed by atoms with Gasteiger partial charge >= 0.3 is 0 Å². The number of thiophene rings is 1. The number of likely N-dealkylation sites (N-methyl/N-ethyl adjacent to an activating group) is 1. The summed E-state index contributed by atoms with van der Waals surface area (Å²) >= 11 is 1.64. The van der Waals surface area contributed by atoms with Gasteiger partial charge in [0, 0.05) is 30.9 Å². The quantitative estimate of drug-likeness (QED) is 0.904. The molecule has 0 spiro atoms. The predicted octanol–water partition coefficient (Wildman–Crippen LogP) is 1.68. The van der Waals surface area contributed by atoms with Crippen molar-refractivity contribution in [2.75, 3.05) is 26.7 Å². The maximum atomic E-state index is 12.4. The van der Waals surface area contributed by atoms with Gasteiger partial charge in [-0.3, -0.25) is 4.79 Å². The highest BCUT2D eigenvalue weighted by atomic mass is 35.5. The van der Waals surface area contributed by atoms with E-state index < -0.39 is 0 Å². The first kappa shape index (κ1) is 14.8. The summed E-state index contributed by atoms with van der Waals surface area (Å²) in [6, 6.07) is 2.35. The van der Waals surface area contributed by atoms with Crippen LogP contribution in [-0.2, 0) is 17.8 Å². The number of ether oxygens (including phenoxy) is 1. The molecule has 1 amide bonds. The number of rotatable bonds is 2. The fraction of sp³-hybridized carbons (Fsp3) is 0.615. The van der Waals surface area contributed by atoms with Crippen LogP contribution in [0, 0.1) is 0 Å². The van der Waals surface area contributed by atoms with Gasteiger partial charge in [-0.25, -0.2) is 0 Å². The monoisotopic (exact) mass is 302 g/mol. The number of fused-ring (bicyclic) bond motifs is 1. The molecule has 1 unspecified atom stereocenters. The van der Waals surface area contributed by atoms with Crippen LogP contribution in [0.4, 0.5) is 0 Å². The third kappa shape index (κ3) is 2.94. The molecular formula is C13H19ClN2O2S. The number of amides is 1. The maximum absolute atomic E-state index is 12.4. The summed E-state index contributed by atoms with van der Waals surface area (Å²) in [4.78, 5) is 16.5. The van der Waals surface area contributed by atoms with E-state index in [0.29, 0.717) is 12.6 Å². The first-order chi connectivity index (χ1) is 8.75. The highest BCUT2D eigenvalue weighted by Crippen LogP contribution is 2.28. The lowest BCUT2D eigenvalue weighted by Crippen LogP contribution is -2.37. The molecule has 1 atom stereocenters. The second-order valence-electron chi connectivity index (χ2n) is 4.92. The summed E-state index contributed by atoms with van der Waals surface area (Å²) in [7, 11) is 1.91. The van der Waals surface area contributed by atoms with Crippen molar-refractivity contribution in [1.29, 1.82) is 0 Å². The molecule has 1 aromatic heterocycles. The van der Waals surface area contributed by atoms with Crippen molar-refractivity contribution in [1.82, 2.24) is 10.2 Å². The molecule has 2 aliphatic heterocycles. The molecule has 1 saturated heterocycles. The van der Waals surface area contributed by atoms with Crippen LogP contribution in [0.15, 0.2) is 6.07 Å². The smallest absolute Gasteiger partial charge is 0.263 e. The molecule has 106 valence electrons. The summed E-state index contributed by atoms with van der Waals surface area (Å²) < 4.78 is 5.42. The predicted molar refractivity (Wildman–Crippen MR) is 78.3 cm³/mol. The number of hydrogen-bond donors (Lipinski definition) is 1. The Morgan fingerprint density at radius 1 is 1.58 bits per heavy atom. The van der Waals surface area contributed by atoms with Crippen molar-refractivity contribution >= 4 is 29.7 Å². The van der Waals surface area contributed by atoms with Crippen molar-refractivity contribution in [3.8, 4) is 0 Å². The van der Waals surface area contributed by atoms with Gasteiger partial charge in [-0.2, -0.15) is 0 Å². The van der Waals surface area contributed by atoms with E-state index >= 15 is 0 Å². The van der Waals surface area contributed by atoms with E-state index in [-0.39, 0.29) is 18.3 Å². The zero-order valence-electron chi connectivity index (χ0n) is 11.0. The van der Waals surface area contributed by atoms with Crippen molar-refractivity contribution in [2.24, 2.45) is 0 Å². The van der Waals surface area contributed by atoms with Gasteiger partial charge in [0.1, 0.15) is 0 Å².